The van der Waals surface area contributed by atoms with Crippen LogP contribution in [-0.4, -0.2) is 71.0 Å². The molecule has 1 amide bonds. The van der Waals surface area contributed by atoms with Crippen LogP contribution in [0.5, 0.6) is 11.5 Å². The van der Waals surface area contributed by atoms with Crippen molar-refractivity contribution in [1.29, 1.82) is 0 Å². The first-order valence-electron chi connectivity index (χ1n) is 20.8. The van der Waals surface area contributed by atoms with Gasteiger partial charge < -0.3 is 40.0 Å². The number of piperidine rings is 3. The summed E-state index contributed by atoms with van der Waals surface area (Å²) in [6.45, 7) is 4.18. The molecule has 1 unspecified atom stereocenters. The topological polar surface area (TPSA) is 162 Å². The Bertz CT molecular complexity index is 2500. The Hall–Kier alpha value is -6.47. The molecule has 2 bridgehead atoms. The molecule has 3 aliphatic heterocycles. The Morgan fingerprint density at radius 2 is 1.57 bits per heavy atom. The molecule has 1 aromatic heterocycles. The van der Waals surface area contributed by atoms with Gasteiger partial charge in [0.1, 0.15) is 30.8 Å². The van der Waals surface area contributed by atoms with Crippen molar-refractivity contribution < 1.29 is 34.0 Å². The second-order valence-corrected chi connectivity index (χ2v) is 15.8. The van der Waals surface area contributed by atoms with Gasteiger partial charge in [-0.25, -0.2) is 9.59 Å². The van der Waals surface area contributed by atoms with Crippen LogP contribution in [0.15, 0.2) is 132 Å². The fourth-order valence-corrected chi connectivity index (χ4v) is 8.24. The highest BCUT2D eigenvalue weighted by atomic mass is 16.6. The number of rotatable bonds is 16. The third kappa shape index (κ3) is 10.5. The SMILES string of the molecule is O=C(NC(c1ccccc1)c1cccc(OCc2cccc(C(=O)OCc3ccc(CCNC[C@@H](O)c4ccc(O)c5[nH]c(=O)ccc45)cc3)c2)c1)O[C@H]1CN2CCC1CC2. The lowest BCUT2D eigenvalue weighted by Crippen LogP contribution is -2.52. The molecule has 3 aliphatic rings. The molecular weight excluding hydrogens is 773 g/mol. The lowest BCUT2D eigenvalue weighted by molar-refractivity contribution is -0.0336. The number of hydrogen-bond donors (Lipinski definition) is 5. The summed E-state index contributed by atoms with van der Waals surface area (Å²) in [6, 6.07) is 38.1. The zero-order valence-electron chi connectivity index (χ0n) is 33.8. The average Bonchev–Trinajstić information content (AvgIpc) is 3.29. The standard InChI is InChI=1S/C49H50N4O8/c54-42-18-16-40(41-17-19-45(56)51-47(41)42)43(55)28-50-23-20-32-12-14-33(15-13-32)30-60-48(57)38-10-4-6-34(26-38)31-59-39-11-5-9-37(27-39)46(36-7-2-1-3-8-36)52-49(58)61-44-29-53-24-21-35(44)22-25-53/h1-19,26-27,35,43-44,46,50,54-55H,20-25,28-31H2,(H,51,56)(H,52,58)/t43-,44+,46?/m1/s1. The van der Waals surface area contributed by atoms with E-state index < -0.39 is 24.2 Å². The predicted octanol–water partition coefficient (Wildman–Crippen LogP) is 6.95. The molecule has 0 aliphatic carbocycles. The molecule has 6 aromatic rings. The minimum absolute atomic E-state index is 0.0484. The van der Waals surface area contributed by atoms with Crippen molar-refractivity contribution in [2.75, 3.05) is 32.7 Å². The summed E-state index contributed by atoms with van der Waals surface area (Å²) in [6.07, 6.45) is 1.48. The van der Waals surface area contributed by atoms with Crippen molar-refractivity contribution in [1.82, 2.24) is 20.5 Å². The predicted molar refractivity (Wildman–Crippen MR) is 231 cm³/mol. The quantitative estimate of drug-likeness (QED) is 0.0511. The highest BCUT2D eigenvalue weighted by molar-refractivity contribution is 5.89. The number of aromatic hydroxyl groups is 1. The van der Waals surface area contributed by atoms with Crippen LogP contribution < -0.4 is 20.9 Å². The number of aromatic nitrogens is 1. The third-order valence-corrected chi connectivity index (χ3v) is 11.6. The molecule has 0 radical (unpaired) electrons. The summed E-state index contributed by atoms with van der Waals surface area (Å²) < 4.78 is 17.8. The molecule has 5 N–H and O–H groups in total. The van der Waals surface area contributed by atoms with Crippen molar-refractivity contribution in [3.8, 4) is 11.5 Å². The van der Waals surface area contributed by atoms with Crippen LogP contribution in [0.1, 0.15) is 68.7 Å². The Labute approximate surface area is 354 Å². The van der Waals surface area contributed by atoms with Gasteiger partial charge in [-0.3, -0.25) is 9.69 Å². The third-order valence-electron chi connectivity index (χ3n) is 11.6. The molecule has 61 heavy (non-hydrogen) atoms. The van der Waals surface area contributed by atoms with E-state index in [2.05, 4.69) is 20.5 Å². The lowest BCUT2D eigenvalue weighted by Gasteiger charge is -2.43. The van der Waals surface area contributed by atoms with Gasteiger partial charge >= 0.3 is 12.1 Å². The van der Waals surface area contributed by atoms with Crippen LogP contribution >= 0.6 is 0 Å². The van der Waals surface area contributed by atoms with E-state index >= 15 is 0 Å². The summed E-state index contributed by atoms with van der Waals surface area (Å²) in [5, 5.41) is 27.9. The summed E-state index contributed by atoms with van der Waals surface area (Å²) in [4.78, 5) is 43.0. The maximum absolute atomic E-state index is 13.3. The molecule has 9 rings (SSSR count). The number of phenolic OH excluding ortho intramolecular Hbond substituents is 1. The van der Waals surface area contributed by atoms with E-state index in [1.165, 1.54) is 12.1 Å². The number of fused-ring (bicyclic) bond motifs is 4. The molecule has 3 atom stereocenters. The van der Waals surface area contributed by atoms with Gasteiger partial charge in [0, 0.05) is 24.5 Å². The number of benzene rings is 5. The van der Waals surface area contributed by atoms with E-state index in [1.54, 1.807) is 30.3 Å². The maximum Gasteiger partial charge on any atom is 0.408 e. The highest BCUT2D eigenvalue weighted by Gasteiger charge is 2.37. The van der Waals surface area contributed by atoms with E-state index in [1.807, 2.05) is 84.9 Å². The smallest absolute Gasteiger partial charge is 0.408 e. The molecule has 0 spiro atoms. The molecule has 4 heterocycles. The second kappa shape index (κ2) is 19.3. The van der Waals surface area contributed by atoms with E-state index in [0.717, 1.165) is 60.3 Å². The average molecular weight is 823 g/mol. The molecule has 12 heteroatoms. The number of carbonyl (C=O) groups is 2. The number of nitrogens with zero attached hydrogens (tertiary/aromatic N) is 1. The van der Waals surface area contributed by atoms with Crippen molar-refractivity contribution in [3.05, 3.63) is 177 Å². The number of aliphatic hydroxyl groups is 1. The summed E-state index contributed by atoms with van der Waals surface area (Å²) in [5.41, 5.74) is 5.52. The number of phenols is 1. The van der Waals surface area contributed by atoms with Crippen LogP contribution in [0.2, 0.25) is 0 Å². The Morgan fingerprint density at radius 1 is 0.803 bits per heavy atom. The van der Waals surface area contributed by atoms with E-state index in [-0.39, 0.29) is 30.6 Å². The lowest BCUT2D eigenvalue weighted by atomic mass is 9.86. The summed E-state index contributed by atoms with van der Waals surface area (Å²) in [7, 11) is 0. The second-order valence-electron chi connectivity index (χ2n) is 15.8. The number of pyridine rings is 1. The summed E-state index contributed by atoms with van der Waals surface area (Å²) in [5.74, 6) is 0.547. The van der Waals surface area contributed by atoms with E-state index in [0.29, 0.717) is 53.2 Å². The van der Waals surface area contributed by atoms with E-state index in [9.17, 15) is 24.6 Å². The Balaban J connectivity index is 0.804. The number of hydrogen-bond acceptors (Lipinski definition) is 10. The first kappa shape index (κ1) is 41.3. The van der Waals surface area contributed by atoms with E-state index in [4.69, 9.17) is 14.2 Å². The van der Waals surface area contributed by atoms with Crippen LogP contribution in [-0.2, 0) is 29.1 Å². The molecular formula is C49H50N4O8. The van der Waals surface area contributed by atoms with Gasteiger partial charge in [0.25, 0.3) is 0 Å². The monoisotopic (exact) mass is 822 g/mol. The van der Waals surface area contributed by atoms with Gasteiger partial charge in [-0.1, -0.05) is 84.9 Å². The number of ether oxygens (including phenoxy) is 3. The first-order chi connectivity index (χ1) is 29.8. The number of esters is 1. The fourth-order valence-electron chi connectivity index (χ4n) is 8.24. The number of aromatic amines is 1. The normalized spacial score (nSPS) is 18.0. The van der Waals surface area contributed by atoms with Gasteiger partial charge in [-0.05, 0) is 115 Å². The van der Waals surface area contributed by atoms with Gasteiger partial charge in [0.05, 0.1) is 23.2 Å². The van der Waals surface area contributed by atoms with Crippen molar-refractivity contribution >= 4 is 23.0 Å². The number of aliphatic hydroxyl groups excluding tert-OH is 1. The van der Waals surface area contributed by atoms with Crippen LogP contribution in [0.4, 0.5) is 4.79 Å². The Kier molecular flexibility index (Phi) is 13.0. The minimum Gasteiger partial charge on any atom is -0.506 e. The number of nitrogens with one attached hydrogen (secondary N) is 3. The molecule has 3 fully saturated rings. The first-order valence-corrected chi connectivity index (χ1v) is 20.8. The zero-order chi connectivity index (χ0) is 42.1. The number of carbonyl (C=O) groups excluding carboxylic acids is 2. The van der Waals surface area contributed by atoms with Crippen LogP contribution in [0, 0.1) is 5.92 Å². The largest absolute Gasteiger partial charge is 0.506 e. The van der Waals surface area contributed by atoms with Gasteiger partial charge in [-0.15, -0.1) is 0 Å². The summed E-state index contributed by atoms with van der Waals surface area (Å²) >= 11 is 0. The van der Waals surface area contributed by atoms with Crippen LogP contribution in [0.3, 0.4) is 0 Å². The molecule has 12 nitrogen and oxygen atoms in total. The minimum atomic E-state index is -0.836. The van der Waals surface area contributed by atoms with Crippen molar-refractivity contribution in [2.45, 2.75) is 50.7 Å². The highest BCUT2D eigenvalue weighted by Crippen LogP contribution is 2.31. The number of H-pyrrole nitrogens is 1. The van der Waals surface area contributed by atoms with Gasteiger partial charge in [0.15, 0.2) is 0 Å². The Morgan fingerprint density at radius 3 is 2.36 bits per heavy atom. The fraction of sp³-hybridized carbons (Fsp3) is 0.286. The number of alkyl carbamates (subject to hydrolysis) is 1. The zero-order valence-corrected chi connectivity index (χ0v) is 33.8. The van der Waals surface area contributed by atoms with Crippen LogP contribution in [0.25, 0.3) is 10.9 Å². The van der Waals surface area contributed by atoms with Gasteiger partial charge in [-0.2, -0.15) is 0 Å². The molecule has 3 saturated heterocycles. The maximum atomic E-state index is 13.3. The number of amides is 1. The van der Waals surface area contributed by atoms with Gasteiger partial charge in [0.2, 0.25) is 5.56 Å². The molecule has 314 valence electrons. The molecule has 5 aromatic carbocycles. The van der Waals surface area contributed by atoms with Crippen molar-refractivity contribution in [2.24, 2.45) is 5.92 Å². The molecule has 0 saturated carbocycles. The van der Waals surface area contributed by atoms with Crippen molar-refractivity contribution in [3.63, 3.8) is 0 Å².